The van der Waals surface area contributed by atoms with E-state index in [4.69, 9.17) is 28.2 Å². The maximum absolute atomic E-state index is 12.2. The zero-order chi connectivity index (χ0) is 20.1. The molecule has 0 amide bonds. The second-order valence-corrected chi connectivity index (χ2v) is 11.3. The van der Waals surface area contributed by atoms with Gasteiger partial charge in [0.15, 0.2) is 15.0 Å². The van der Waals surface area contributed by atoms with Gasteiger partial charge in [0.2, 0.25) is 0 Å². The van der Waals surface area contributed by atoms with Crippen molar-refractivity contribution in [3.63, 3.8) is 0 Å². The zero-order valence-electron chi connectivity index (χ0n) is 15.5. The molecule has 2 heterocycles. The van der Waals surface area contributed by atoms with Crippen LogP contribution >= 0.6 is 35.0 Å². The number of benzene rings is 2. The van der Waals surface area contributed by atoms with Crippen LogP contribution in [0.4, 0.5) is 5.69 Å². The fraction of sp³-hybridized carbons (Fsp3) is 0.350. The number of nitrogens with zero attached hydrogens (tertiary/aromatic N) is 2. The van der Waals surface area contributed by atoms with E-state index < -0.39 is 9.84 Å². The summed E-state index contributed by atoms with van der Waals surface area (Å²) >= 11 is 14.0. The Morgan fingerprint density at radius 3 is 2.46 bits per heavy atom. The maximum atomic E-state index is 12.2. The van der Waals surface area contributed by atoms with Crippen molar-refractivity contribution in [2.75, 3.05) is 16.4 Å². The molecule has 4 rings (SSSR count). The number of sulfone groups is 1. The van der Waals surface area contributed by atoms with Gasteiger partial charge >= 0.3 is 0 Å². The van der Waals surface area contributed by atoms with Crippen LogP contribution in [-0.4, -0.2) is 37.2 Å². The Balaban J connectivity index is 1.64. The molecule has 8 heteroatoms. The largest absolute Gasteiger partial charge is 0.315 e. The molecule has 2 aromatic rings. The highest BCUT2D eigenvalue weighted by molar-refractivity contribution is 8.13. The number of anilines is 1. The SMILES string of the molecule is Cc1ccc(CSC2=N[C@H]3CS(=O)(=O)C[C@H]3N2c2cc(Cl)cc(Cl)c2)cc1C. The van der Waals surface area contributed by atoms with Crippen LogP contribution in [0.2, 0.25) is 10.0 Å². The lowest BCUT2D eigenvalue weighted by atomic mass is 10.1. The number of rotatable bonds is 3. The first kappa shape index (κ1) is 20.1. The van der Waals surface area contributed by atoms with Crippen molar-refractivity contribution in [2.24, 2.45) is 4.99 Å². The molecule has 0 unspecified atom stereocenters. The lowest BCUT2D eigenvalue weighted by molar-refractivity contribution is 0.601. The number of hydrogen-bond acceptors (Lipinski definition) is 5. The summed E-state index contributed by atoms with van der Waals surface area (Å²) in [5, 5.41) is 1.86. The number of aliphatic imine (C=N–C) groups is 1. The summed E-state index contributed by atoms with van der Waals surface area (Å²) in [6.07, 6.45) is 0. The average Bonchev–Trinajstić information content (AvgIpc) is 3.06. The van der Waals surface area contributed by atoms with Crippen LogP contribution < -0.4 is 4.90 Å². The van der Waals surface area contributed by atoms with Gasteiger partial charge in [-0.05, 0) is 48.7 Å². The number of hydrogen-bond donors (Lipinski definition) is 0. The molecule has 148 valence electrons. The molecule has 2 aliphatic heterocycles. The van der Waals surface area contributed by atoms with Gasteiger partial charge in [-0.3, -0.25) is 4.99 Å². The van der Waals surface area contributed by atoms with E-state index in [-0.39, 0.29) is 23.6 Å². The predicted molar refractivity (Wildman–Crippen MR) is 120 cm³/mol. The van der Waals surface area contributed by atoms with Crippen LogP contribution in [-0.2, 0) is 15.6 Å². The van der Waals surface area contributed by atoms with Crippen LogP contribution in [0, 0.1) is 13.8 Å². The Morgan fingerprint density at radius 2 is 1.79 bits per heavy atom. The predicted octanol–water partition coefficient (Wildman–Crippen LogP) is 4.89. The highest BCUT2D eigenvalue weighted by Crippen LogP contribution is 2.38. The monoisotopic (exact) mass is 454 g/mol. The number of aryl methyl sites for hydroxylation is 2. The zero-order valence-corrected chi connectivity index (χ0v) is 18.7. The highest BCUT2D eigenvalue weighted by atomic mass is 35.5. The normalized spacial score (nSPS) is 23.0. The van der Waals surface area contributed by atoms with E-state index in [0.717, 1.165) is 16.6 Å². The fourth-order valence-corrected chi connectivity index (χ4v) is 7.08. The van der Waals surface area contributed by atoms with Crippen molar-refractivity contribution in [1.29, 1.82) is 0 Å². The summed E-state index contributed by atoms with van der Waals surface area (Å²) in [6.45, 7) is 4.20. The van der Waals surface area contributed by atoms with Gasteiger partial charge in [-0.25, -0.2) is 8.42 Å². The summed E-state index contributed by atoms with van der Waals surface area (Å²) in [5.41, 5.74) is 4.52. The van der Waals surface area contributed by atoms with Gasteiger partial charge in [-0.1, -0.05) is 53.2 Å². The summed E-state index contributed by atoms with van der Waals surface area (Å²) in [7, 11) is -3.09. The Labute approximate surface area is 179 Å². The quantitative estimate of drug-likeness (QED) is 0.662. The Hall–Kier alpha value is -1.21. The van der Waals surface area contributed by atoms with Crippen molar-refractivity contribution in [3.05, 3.63) is 63.1 Å². The molecule has 0 aromatic heterocycles. The second-order valence-electron chi connectivity index (χ2n) is 7.33. The van der Waals surface area contributed by atoms with E-state index >= 15 is 0 Å². The van der Waals surface area contributed by atoms with Crippen LogP contribution in [0.3, 0.4) is 0 Å². The second kappa shape index (κ2) is 7.56. The van der Waals surface area contributed by atoms with Crippen molar-refractivity contribution in [3.8, 4) is 0 Å². The van der Waals surface area contributed by atoms with Gasteiger partial charge in [0.05, 0.1) is 23.6 Å². The van der Waals surface area contributed by atoms with Crippen LogP contribution in [0.25, 0.3) is 0 Å². The van der Waals surface area contributed by atoms with E-state index in [2.05, 4.69) is 32.0 Å². The van der Waals surface area contributed by atoms with E-state index in [9.17, 15) is 8.42 Å². The third kappa shape index (κ3) is 4.06. The molecular weight excluding hydrogens is 435 g/mol. The molecule has 0 saturated carbocycles. The molecule has 2 atom stereocenters. The van der Waals surface area contributed by atoms with Gasteiger partial charge in [-0.15, -0.1) is 0 Å². The van der Waals surface area contributed by atoms with Crippen molar-refractivity contribution in [1.82, 2.24) is 0 Å². The molecule has 2 aliphatic rings. The Kier molecular flexibility index (Phi) is 5.42. The number of amidine groups is 1. The summed E-state index contributed by atoms with van der Waals surface area (Å²) in [5.74, 6) is 0.951. The minimum Gasteiger partial charge on any atom is -0.315 e. The van der Waals surface area contributed by atoms with E-state index in [1.165, 1.54) is 16.7 Å². The van der Waals surface area contributed by atoms with Gasteiger partial charge in [-0.2, -0.15) is 0 Å². The third-order valence-corrected chi connectivity index (χ3v) is 8.35. The number of thioether (sulfide) groups is 1. The van der Waals surface area contributed by atoms with E-state index in [0.29, 0.717) is 10.0 Å². The molecule has 0 spiro atoms. The lowest BCUT2D eigenvalue weighted by Gasteiger charge is -2.27. The average molecular weight is 455 g/mol. The molecule has 1 saturated heterocycles. The van der Waals surface area contributed by atoms with Crippen LogP contribution in [0.15, 0.2) is 41.4 Å². The standard InChI is InChI=1S/C20H20Cl2N2O2S2/c1-12-3-4-14(5-13(12)2)9-27-20-23-18-10-28(25,26)11-19(18)24(20)17-7-15(21)6-16(22)8-17/h3-8,18-19H,9-11H2,1-2H3/t18-,19+/m0/s1. The number of halogens is 2. The van der Waals surface area contributed by atoms with Crippen LogP contribution in [0.5, 0.6) is 0 Å². The van der Waals surface area contributed by atoms with Gasteiger partial charge in [0.25, 0.3) is 0 Å². The molecule has 4 nitrogen and oxygen atoms in total. The topological polar surface area (TPSA) is 49.7 Å². The first-order valence-corrected chi connectivity index (χ1v) is 12.5. The van der Waals surface area contributed by atoms with Gasteiger partial charge < -0.3 is 4.90 Å². The van der Waals surface area contributed by atoms with Crippen molar-refractivity contribution < 1.29 is 8.42 Å². The van der Waals surface area contributed by atoms with Crippen LogP contribution in [0.1, 0.15) is 16.7 Å². The molecule has 0 aliphatic carbocycles. The minimum absolute atomic E-state index is 0.0934. The maximum Gasteiger partial charge on any atom is 0.164 e. The van der Waals surface area contributed by atoms with E-state index in [1.54, 1.807) is 17.8 Å². The summed E-state index contributed by atoms with van der Waals surface area (Å²) < 4.78 is 24.3. The molecule has 0 radical (unpaired) electrons. The van der Waals surface area contributed by atoms with Gasteiger partial charge in [0, 0.05) is 21.5 Å². The molecule has 1 fully saturated rings. The highest BCUT2D eigenvalue weighted by Gasteiger charge is 2.47. The summed E-state index contributed by atoms with van der Waals surface area (Å²) in [6, 6.07) is 11.3. The number of fused-ring (bicyclic) bond motifs is 1. The molecule has 0 bridgehead atoms. The molecule has 28 heavy (non-hydrogen) atoms. The Bertz CT molecular complexity index is 1050. The first-order chi connectivity index (χ1) is 13.2. The minimum atomic E-state index is -3.09. The van der Waals surface area contributed by atoms with Crippen molar-refractivity contribution >= 4 is 55.7 Å². The summed E-state index contributed by atoms with van der Waals surface area (Å²) in [4.78, 5) is 6.76. The Morgan fingerprint density at radius 1 is 1.07 bits per heavy atom. The van der Waals surface area contributed by atoms with E-state index in [1.807, 2.05) is 17.0 Å². The smallest absolute Gasteiger partial charge is 0.164 e. The third-order valence-electron chi connectivity index (χ3n) is 5.17. The molecular formula is C20H20Cl2N2O2S2. The fourth-order valence-electron chi connectivity index (χ4n) is 3.65. The van der Waals surface area contributed by atoms with Gasteiger partial charge in [0.1, 0.15) is 0 Å². The molecule has 2 aromatic carbocycles. The molecule has 0 N–H and O–H groups in total. The lowest BCUT2D eigenvalue weighted by Crippen LogP contribution is -2.39. The van der Waals surface area contributed by atoms with Crippen molar-refractivity contribution in [2.45, 2.75) is 31.7 Å². The first-order valence-electron chi connectivity index (χ1n) is 8.94.